The summed E-state index contributed by atoms with van der Waals surface area (Å²) in [6.07, 6.45) is 5.86. The first-order valence-corrected chi connectivity index (χ1v) is 20.3. The average molecular weight is 792 g/mol. The van der Waals surface area contributed by atoms with Crippen LogP contribution in [0.15, 0.2) is 59.9 Å². The van der Waals surface area contributed by atoms with Crippen LogP contribution in [-0.2, 0) is 25.7 Å². The summed E-state index contributed by atoms with van der Waals surface area (Å²) in [4.78, 5) is 68.0. The minimum Gasteiger partial charge on any atom is -0.453 e. The zero-order chi connectivity index (χ0) is 41.7. The quantitative estimate of drug-likeness (QED) is 0.0946. The number of aromatic nitrogens is 3. The first kappa shape index (κ1) is 41.7. The molecule has 1 fully saturated rings. The number of methoxy groups -OCH3 is 1. The molecule has 58 heavy (non-hydrogen) atoms. The van der Waals surface area contributed by atoms with Crippen LogP contribution in [0.1, 0.15) is 84.7 Å². The van der Waals surface area contributed by atoms with E-state index in [1.807, 2.05) is 74.8 Å². The first-order chi connectivity index (χ1) is 27.8. The van der Waals surface area contributed by atoms with Crippen molar-refractivity contribution in [1.29, 1.82) is 0 Å². The average Bonchev–Trinajstić information content (AvgIpc) is 3.94. The number of hydrogen-bond donors (Lipinski definition) is 4. The number of imidazole rings is 1. The van der Waals surface area contributed by atoms with Crippen molar-refractivity contribution in [3.05, 3.63) is 66.2 Å². The van der Waals surface area contributed by atoms with Gasteiger partial charge in [0.15, 0.2) is 0 Å². The van der Waals surface area contributed by atoms with Gasteiger partial charge in [-0.1, -0.05) is 52.8 Å². The number of benzene rings is 2. The number of H-pyrrole nitrogens is 1. The number of ether oxygens (including phenoxy) is 1. The fourth-order valence-electron chi connectivity index (χ4n) is 7.99. The Labute approximate surface area is 340 Å². The summed E-state index contributed by atoms with van der Waals surface area (Å²) in [5, 5.41) is 10.3. The van der Waals surface area contributed by atoms with Gasteiger partial charge in [-0.05, 0) is 74.6 Å². The fourth-order valence-corrected chi connectivity index (χ4v) is 7.99. The van der Waals surface area contributed by atoms with Crippen LogP contribution >= 0.6 is 0 Å². The largest absolute Gasteiger partial charge is 0.453 e. The van der Waals surface area contributed by atoms with Gasteiger partial charge in [0, 0.05) is 60.3 Å². The minimum atomic E-state index is -0.691. The fraction of sp³-hybridized carbons (Fsp3) is 0.455. The van der Waals surface area contributed by atoms with E-state index in [1.54, 1.807) is 12.4 Å². The van der Waals surface area contributed by atoms with Gasteiger partial charge in [-0.25, -0.2) is 9.78 Å². The molecule has 2 aliphatic rings. The molecule has 4 N–H and O–H groups in total. The van der Waals surface area contributed by atoms with E-state index >= 15 is 0 Å². The summed E-state index contributed by atoms with van der Waals surface area (Å²) in [6, 6.07) is 13.0. The van der Waals surface area contributed by atoms with Gasteiger partial charge in [-0.2, -0.15) is 0 Å². The molecule has 0 saturated carbocycles. The van der Waals surface area contributed by atoms with Gasteiger partial charge in [0.05, 0.1) is 42.6 Å². The lowest BCUT2D eigenvalue weighted by molar-refractivity contribution is -0.135. The molecule has 1 saturated heterocycles. The molecule has 6 rings (SSSR count). The van der Waals surface area contributed by atoms with Gasteiger partial charge in [0.2, 0.25) is 17.7 Å². The Hall–Kier alpha value is -5.92. The smallest absolute Gasteiger partial charge is 0.407 e. The highest BCUT2D eigenvalue weighted by atomic mass is 16.5. The SMILES string of the molecule is C=N/C=C(\NC[C@@H]1CCCN1C(=O)C(NC(=O)OC)C(C)C)c1ccc2c(c1)cc1n2C(C)C(=O)Nc2cc(-c3cnc(CN(CCC)C(=O)CC(C)C)[nH]3)ccc2-1. The van der Waals surface area contributed by atoms with E-state index < -0.39 is 18.2 Å². The second-order valence-corrected chi connectivity index (χ2v) is 16.0. The number of rotatable bonds is 15. The number of amides is 4. The number of anilines is 1. The Balaban J connectivity index is 1.24. The molecule has 14 nitrogen and oxygen atoms in total. The van der Waals surface area contributed by atoms with Crippen LogP contribution in [0, 0.1) is 11.8 Å². The van der Waals surface area contributed by atoms with Crippen molar-refractivity contribution in [2.75, 3.05) is 32.1 Å². The molecule has 0 radical (unpaired) electrons. The van der Waals surface area contributed by atoms with E-state index in [0.29, 0.717) is 44.1 Å². The van der Waals surface area contributed by atoms with Gasteiger partial charge in [-0.3, -0.25) is 19.4 Å². The number of aromatic amines is 1. The van der Waals surface area contributed by atoms with Gasteiger partial charge in [-0.15, -0.1) is 0 Å². The van der Waals surface area contributed by atoms with Crippen LogP contribution in [0.5, 0.6) is 0 Å². The van der Waals surface area contributed by atoms with E-state index in [1.165, 1.54) is 7.11 Å². The Kier molecular flexibility index (Phi) is 13.0. The van der Waals surface area contributed by atoms with Crippen LogP contribution in [0.3, 0.4) is 0 Å². The van der Waals surface area contributed by atoms with Crippen molar-refractivity contribution >= 4 is 52.8 Å². The van der Waals surface area contributed by atoms with E-state index in [-0.39, 0.29) is 35.6 Å². The molecular formula is C44H57N9O5. The van der Waals surface area contributed by atoms with E-state index in [4.69, 9.17) is 4.74 Å². The third kappa shape index (κ3) is 8.95. The standard InChI is InChI=1S/C44H57N9O5/c1-9-16-51(40(54)18-26(2)3)25-39-47-24-36(48-39)30-12-14-33-34(20-30)49-42(55)28(6)53-37-15-13-29(19-31(37)21-38(33)53)35(23-45-7)46-22-32-11-10-17-52(32)43(56)41(27(4)5)50-44(57)58-8/h12-15,19-21,23-24,26-28,32,41,46H,7,9-11,16-18,22,25H2,1-6,8H3,(H,47,48)(H,49,55)(H,50,57)/b35-23-/t28?,32-,41?/m0/s1. The maximum atomic E-state index is 13.7. The van der Waals surface area contributed by atoms with Crippen molar-refractivity contribution in [1.82, 2.24) is 35.0 Å². The number of alkyl carbamates (subject to hydrolysis) is 1. The summed E-state index contributed by atoms with van der Waals surface area (Å²) in [6.45, 7) is 17.7. The van der Waals surface area contributed by atoms with E-state index in [2.05, 4.69) is 61.3 Å². The van der Waals surface area contributed by atoms with Crippen molar-refractivity contribution in [2.45, 2.75) is 91.9 Å². The van der Waals surface area contributed by atoms with Crippen LogP contribution in [0.2, 0.25) is 0 Å². The van der Waals surface area contributed by atoms with E-state index in [0.717, 1.165) is 63.9 Å². The second-order valence-electron chi connectivity index (χ2n) is 16.0. The minimum absolute atomic E-state index is 0.0838. The Morgan fingerprint density at radius 3 is 2.64 bits per heavy atom. The molecule has 4 heterocycles. The monoisotopic (exact) mass is 791 g/mol. The van der Waals surface area contributed by atoms with Crippen LogP contribution in [0.25, 0.3) is 39.1 Å². The van der Waals surface area contributed by atoms with Gasteiger partial charge < -0.3 is 40.0 Å². The van der Waals surface area contributed by atoms with Crippen molar-refractivity contribution in [3.8, 4) is 22.5 Å². The molecule has 2 aliphatic heterocycles. The molecule has 2 aromatic heterocycles. The molecule has 4 aromatic rings. The number of fused-ring (bicyclic) bond motifs is 5. The highest BCUT2D eigenvalue weighted by Crippen LogP contribution is 2.40. The maximum absolute atomic E-state index is 13.7. The zero-order valence-electron chi connectivity index (χ0n) is 34.7. The summed E-state index contributed by atoms with van der Waals surface area (Å²) >= 11 is 0. The Bertz CT molecular complexity index is 2200. The van der Waals surface area contributed by atoms with Crippen molar-refractivity contribution in [2.24, 2.45) is 16.8 Å². The highest BCUT2D eigenvalue weighted by molar-refractivity contribution is 6.04. The van der Waals surface area contributed by atoms with Crippen molar-refractivity contribution < 1.29 is 23.9 Å². The third-order valence-corrected chi connectivity index (χ3v) is 11.0. The lowest BCUT2D eigenvalue weighted by Crippen LogP contribution is -2.53. The van der Waals surface area contributed by atoms with Gasteiger partial charge in [0.1, 0.15) is 17.9 Å². The van der Waals surface area contributed by atoms with E-state index in [9.17, 15) is 19.2 Å². The number of likely N-dealkylation sites (tertiary alicyclic amines) is 1. The lowest BCUT2D eigenvalue weighted by Gasteiger charge is -2.31. The topological polar surface area (TPSA) is 166 Å². The molecule has 2 unspecified atom stereocenters. The molecule has 4 amide bonds. The van der Waals surface area contributed by atoms with Crippen LogP contribution in [0.4, 0.5) is 10.5 Å². The van der Waals surface area contributed by atoms with Crippen LogP contribution < -0.4 is 16.0 Å². The molecule has 0 spiro atoms. The predicted molar refractivity (Wildman–Crippen MR) is 228 cm³/mol. The molecule has 0 bridgehead atoms. The number of aliphatic imine (C=N–C) groups is 1. The summed E-state index contributed by atoms with van der Waals surface area (Å²) in [5.41, 5.74) is 6.71. The maximum Gasteiger partial charge on any atom is 0.407 e. The first-order valence-electron chi connectivity index (χ1n) is 20.3. The van der Waals surface area contributed by atoms with Crippen LogP contribution in [-0.4, -0.2) is 93.7 Å². The normalized spacial score (nSPS) is 17.1. The number of carbonyl (C=O) groups excluding carboxylic acids is 4. The lowest BCUT2D eigenvalue weighted by atomic mass is 10.0. The summed E-state index contributed by atoms with van der Waals surface area (Å²) in [5.74, 6) is 0.741. The van der Waals surface area contributed by atoms with Crippen molar-refractivity contribution in [3.63, 3.8) is 0 Å². The number of nitrogens with one attached hydrogen (secondary N) is 4. The highest BCUT2D eigenvalue weighted by Gasteiger charge is 2.36. The predicted octanol–water partition coefficient (Wildman–Crippen LogP) is 6.96. The third-order valence-electron chi connectivity index (χ3n) is 11.0. The molecule has 0 aliphatic carbocycles. The number of carbonyl (C=O) groups is 4. The molecular weight excluding hydrogens is 735 g/mol. The zero-order valence-corrected chi connectivity index (χ0v) is 34.7. The summed E-state index contributed by atoms with van der Waals surface area (Å²) in [7, 11) is 1.29. The number of hydrogen-bond acceptors (Lipinski definition) is 8. The van der Waals surface area contributed by atoms with Gasteiger partial charge in [0.25, 0.3) is 0 Å². The summed E-state index contributed by atoms with van der Waals surface area (Å²) < 4.78 is 6.85. The Morgan fingerprint density at radius 1 is 1.14 bits per heavy atom. The molecule has 14 heteroatoms. The number of nitrogens with zero attached hydrogens (tertiary/aromatic N) is 5. The molecule has 2 aromatic carbocycles. The molecule has 308 valence electrons. The Morgan fingerprint density at radius 2 is 1.93 bits per heavy atom. The van der Waals surface area contributed by atoms with Gasteiger partial charge >= 0.3 is 6.09 Å². The second kappa shape index (κ2) is 18.1. The molecule has 3 atom stereocenters.